The Balaban J connectivity index is 1.60. The van der Waals surface area contributed by atoms with E-state index in [0.29, 0.717) is 16.5 Å². The first kappa shape index (κ1) is 19.3. The molecule has 4 rings (SSSR count). The van der Waals surface area contributed by atoms with E-state index in [1.807, 2.05) is 34.2 Å². The van der Waals surface area contributed by atoms with Gasteiger partial charge in [0.1, 0.15) is 11.5 Å². The van der Waals surface area contributed by atoms with Crippen LogP contribution in [0.2, 0.25) is 5.02 Å². The lowest BCUT2D eigenvalue weighted by Gasteiger charge is -2.08. The highest BCUT2D eigenvalue weighted by molar-refractivity contribution is 7.15. The van der Waals surface area contributed by atoms with Crippen molar-refractivity contribution in [2.45, 2.75) is 6.42 Å². The lowest BCUT2D eigenvalue weighted by Crippen LogP contribution is -2.15. The zero-order valence-corrected chi connectivity index (χ0v) is 17.4. The number of methoxy groups -OCH3 is 2. The van der Waals surface area contributed by atoms with Gasteiger partial charge in [0.15, 0.2) is 4.96 Å². The normalized spacial score (nSPS) is 10.9. The van der Waals surface area contributed by atoms with E-state index in [1.54, 1.807) is 38.5 Å². The number of anilines is 1. The van der Waals surface area contributed by atoms with E-state index in [9.17, 15) is 4.79 Å². The molecule has 0 aliphatic rings. The van der Waals surface area contributed by atoms with E-state index in [1.165, 1.54) is 11.3 Å². The van der Waals surface area contributed by atoms with Gasteiger partial charge in [-0.3, -0.25) is 9.20 Å². The Kier molecular flexibility index (Phi) is 5.42. The molecule has 1 amide bonds. The van der Waals surface area contributed by atoms with E-state index < -0.39 is 0 Å². The van der Waals surface area contributed by atoms with Crippen LogP contribution in [-0.2, 0) is 11.2 Å². The van der Waals surface area contributed by atoms with Crippen LogP contribution in [0.15, 0.2) is 54.0 Å². The molecule has 0 saturated heterocycles. The van der Waals surface area contributed by atoms with Crippen molar-refractivity contribution < 1.29 is 14.3 Å². The molecule has 0 saturated carbocycles. The van der Waals surface area contributed by atoms with Crippen LogP contribution < -0.4 is 14.8 Å². The molecule has 0 fully saturated rings. The lowest BCUT2D eigenvalue weighted by atomic mass is 10.1. The number of hydrogen-bond acceptors (Lipinski definition) is 5. The minimum absolute atomic E-state index is 0.124. The quantitative estimate of drug-likeness (QED) is 0.474. The smallest absolute Gasteiger partial charge is 0.230 e. The molecule has 2 aromatic carbocycles. The Morgan fingerprint density at radius 3 is 2.83 bits per heavy atom. The van der Waals surface area contributed by atoms with Crippen molar-refractivity contribution in [2.24, 2.45) is 0 Å². The third-order valence-electron chi connectivity index (χ3n) is 4.42. The second-order valence-corrected chi connectivity index (χ2v) is 7.58. The van der Waals surface area contributed by atoms with E-state index in [0.717, 1.165) is 27.7 Å². The Morgan fingerprint density at radius 1 is 1.21 bits per heavy atom. The Bertz CT molecular complexity index is 1190. The summed E-state index contributed by atoms with van der Waals surface area (Å²) in [6.07, 6.45) is 2.13. The highest BCUT2D eigenvalue weighted by atomic mass is 35.5. The van der Waals surface area contributed by atoms with Crippen LogP contribution in [0, 0.1) is 0 Å². The Labute approximate surface area is 176 Å². The molecule has 0 aliphatic heterocycles. The number of aromatic nitrogens is 2. The number of halogens is 1. The molecule has 2 aromatic heterocycles. The first-order valence-electron chi connectivity index (χ1n) is 8.80. The van der Waals surface area contributed by atoms with Crippen molar-refractivity contribution in [1.82, 2.24) is 9.38 Å². The molecule has 6 nitrogen and oxygen atoms in total. The number of imidazole rings is 1. The van der Waals surface area contributed by atoms with Crippen LogP contribution in [0.25, 0.3) is 16.2 Å². The molecule has 0 radical (unpaired) electrons. The summed E-state index contributed by atoms with van der Waals surface area (Å²) in [5.74, 6) is 1.30. The molecule has 0 unspecified atom stereocenters. The van der Waals surface area contributed by atoms with Gasteiger partial charge in [-0.1, -0.05) is 17.7 Å². The van der Waals surface area contributed by atoms with Gasteiger partial charge < -0.3 is 14.8 Å². The van der Waals surface area contributed by atoms with Gasteiger partial charge in [-0.05, 0) is 36.4 Å². The third-order valence-corrected chi connectivity index (χ3v) is 5.54. The number of fused-ring (bicyclic) bond motifs is 1. The highest BCUT2D eigenvalue weighted by Gasteiger charge is 2.16. The molecule has 4 aromatic rings. The summed E-state index contributed by atoms with van der Waals surface area (Å²) < 4.78 is 12.7. The zero-order chi connectivity index (χ0) is 20.4. The molecule has 0 aliphatic carbocycles. The molecule has 148 valence electrons. The fraction of sp³-hybridized carbons (Fsp3) is 0.143. The number of thiazole rings is 1. The maximum Gasteiger partial charge on any atom is 0.230 e. The topological polar surface area (TPSA) is 64.9 Å². The summed E-state index contributed by atoms with van der Waals surface area (Å²) in [4.78, 5) is 18.0. The number of ether oxygens (including phenoxy) is 2. The largest absolute Gasteiger partial charge is 0.497 e. The van der Waals surface area contributed by atoms with E-state index in [-0.39, 0.29) is 12.3 Å². The average Bonchev–Trinajstić information content (AvgIpc) is 3.29. The lowest BCUT2D eigenvalue weighted by molar-refractivity contribution is -0.115. The van der Waals surface area contributed by atoms with Gasteiger partial charge in [0.2, 0.25) is 5.91 Å². The Hall–Kier alpha value is -3.03. The fourth-order valence-corrected chi connectivity index (χ4v) is 4.10. The van der Waals surface area contributed by atoms with E-state index >= 15 is 0 Å². The van der Waals surface area contributed by atoms with Crippen molar-refractivity contribution in [3.8, 4) is 22.8 Å². The number of rotatable bonds is 6. The predicted molar refractivity (Wildman–Crippen MR) is 115 cm³/mol. The second kappa shape index (κ2) is 8.14. The van der Waals surface area contributed by atoms with Gasteiger partial charge in [-0.2, -0.15) is 0 Å². The number of benzene rings is 2. The summed E-state index contributed by atoms with van der Waals surface area (Å²) in [6, 6.07) is 12.7. The molecule has 8 heteroatoms. The number of carbonyl (C=O) groups excluding carboxylic acids is 1. The van der Waals surface area contributed by atoms with Crippen molar-refractivity contribution in [3.05, 3.63) is 64.8 Å². The molecular formula is C21H18ClN3O3S. The maximum atomic E-state index is 12.5. The summed E-state index contributed by atoms with van der Waals surface area (Å²) in [5, 5.41) is 5.38. The fourth-order valence-electron chi connectivity index (χ4n) is 3.04. The minimum Gasteiger partial charge on any atom is -0.497 e. The first-order chi connectivity index (χ1) is 14.1. The van der Waals surface area contributed by atoms with Crippen LogP contribution in [0.5, 0.6) is 11.5 Å². The van der Waals surface area contributed by atoms with Crippen LogP contribution in [0.4, 0.5) is 5.69 Å². The van der Waals surface area contributed by atoms with Gasteiger partial charge in [0.25, 0.3) is 0 Å². The first-order valence-corrected chi connectivity index (χ1v) is 10.1. The number of nitrogens with one attached hydrogen (secondary N) is 1. The Morgan fingerprint density at radius 2 is 2.07 bits per heavy atom. The predicted octanol–water partition coefficient (Wildman–Crippen LogP) is 4.91. The molecule has 1 N–H and O–H groups in total. The van der Waals surface area contributed by atoms with Crippen molar-refractivity contribution in [1.29, 1.82) is 0 Å². The second-order valence-electron chi connectivity index (χ2n) is 6.31. The molecule has 29 heavy (non-hydrogen) atoms. The monoisotopic (exact) mass is 427 g/mol. The van der Waals surface area contributed by atoms with Gasteiger partial charge in [-0.25, -0.2) is 4.98 Å². The molecule has 2 heterocycles. The summed E-state index contributed by atoms with van der Waals surface area (Å²) in [5.41, 5.74) is 3.10. The molecule has 0 spiro atoms. The van der Waals surface area contributed by atoms with Crippen LogP contribution in [0.1, 0.15) is 5.69 Å². The maximum absolute atomic E-state index is 12.5. The third kappa shape index (κ3) is 4.06. The SMILES string of the molecule is COc1ccc(OC)c(-c2cn3c(CC(=O)Nc4cccc(Cl)c4)csc3n2)c1. The molecule has 0 bridgehead atoms. The average molecular weight is 428 g/mol. The summed E-state index contributed by atoms with van der Waals surface area (Å²) >= 11 is 7.46. The highest BCUT2D eigenvalue weighted by Crippen LogP contribution is 2.34. The van der Waals surface area contributed by atoms with Gasteiger partial charge in [0.05, 0.1) is 26.3 Å². The van der Waals surface area contributed by atoms with Crippen LogP contribution >= 0.6 is 22.9 Å². The van der Waals surface area contributed by atoms with Crippen molar-refractivity contribution >= 4 is 39.5 Å². The number of amides is 1. The zero-order valence-electron chi connectivity index (χ0n) is 15.8. The number of nitrogens with zero attached hydrogens (tertiary/aromatic N) is 2. The standard InChI is InChI=1S/C21H18ClN3O3S/c1-27-16-6-7-19(28-2)17(10-16)18-11-25-15(12-29-21(25)24-18)9-20(26)23-14-5-3-4-13(22)8-14/h3-8,10-12H,9H2,1-2H3,(H,23,26). The molecular weight excluding hydrogens is 410 g/mol. The van der Waals surface area contributed by atoms with Crippen LogP contribution in [0.3, 0.4) is 0 Å². The van der Waals surface area contributed by atoms with Crippen molar-refractivity contribution in [3.63, 3.8) is 0 Å². The van der Waals surface area contributed by atoms with E-state index in [2.05, 4.69) is 10.3 Å². The summed E-state index contributed by atoms with van der Waals surface area (Å²) in [7, 11) is 3.24. The van der Waals surface area contributed by atoms with E-state index in [4.69, 9.17) is 21.1 Å². The van der Waals surface area contributed by atoms with Gasteiger partial charge in [-0.15, -0.1) is 11.3 Å². The molecule has 0 atom stereocenters. The minimum atomic E-state index is -0.124. The summed E-state index contributed by atoms with van der Waals surface area (Å²) in [6.45, 7) is 0. The van der Waals surface area contributed by atoms with Crippen molar-refractivity contribution in [2.75, 3.05) is 19.5 Å². The van der Waals surface area contributed by atoms with Gasteiger partial charge >= 0.3 is 0 Å². The van der Waals surface area contributed by atoms with Gasteiger partial charge in [0, 0.05) is 33.5 Å². The number of carbonyl (C=O) groups is 1. The number of hydrogen-bond donors (Lipinski definition) is 1. The van der Waals surface area contributed by atoms with Crippen LogP contribution in [-0.4, -0.2) is 29.5 Å².